The van der Waals surface area contributed by atoms with Gasteiger partial charge in [-0.2, -0.15) is 5.26 Å². The average molecular weight is 472 g/mol. The summed E-state index contributed by atoms with van der Waals surface area (Å²) in [6.45, 7) is 8.77. The molecule has 0 bridgehead atoms. The molecule has 0 saturated carbocycles. The zero-order chi connectivity index (χ0) is 22.3. The normalized spacial score (nSPS) is 13.5. The molecule has 0 spiro atoms. The Bertz CT molecular complexity index is 969. The number of benzene rings is 1. The lowest BCUT2D eigenvalue weighted by atomic mass is 9.94. The predicted octanol–water partition coefficient (Wildman–Crippen LogP) is 4.64. The number of aldehydes is 1. The minimum absolute atomic E-state index is 0.0914. The van der Waals surface area contributed by atoms with Gasteiger partial charge in [0, 0.05) is 35.3 Å². The fourth-order valence-corrected chi connectivity index (χ4v) is 4.11. The molecule has 1 aromatic carbocycles. The van der Waals surface area contributed by atoms with Crippen LogP contribution in [0.5, 0.6) is 5.75 Å². The Morgan fingerprint density at radius 1 is 1.37 bits per heavy atom. The van der Waals surface area contributed by atoms with E-state index in [0.717, 1.165) is 21.9 Å². The number of halogens is 1. The summed E-state index contributed by atoms with van der Waals surface area (Å²) in [5.41, 5.74) is 3.42. The minimum Gasteiger partial charge on any atom is -0.492 e. The molecule has 1 aromatic heterocycles. The summed E-state index contributed by atoms with van der Waals surface area (Å²) < 4.78 is 6.40. The predicted molar refractivity (Wildman–Crippen MR) is 119 cm³/mol. The van der Waals surface area contributed by atoms with Crippen LogP contribution in [0.25, 0.3) is 0 Å². The van der Waals surface area contributed by atoms with Crippen LogP contribution >= 0.6 is 15.9 Å². The van der Waals surface area contributed by atoms with E-state index in [2.05, 4.69) is 27.0 Å². The van der Waals surface area contributed by atoms with Crippen molar-refractivity contribution in [2.45, 2.75) is 46.6 Å². The number of hydrogen-bond acceptors (Lipinski definition) is 5. The van der Waals surface area contributed by atoms with Crippen molar-refractivity contribution in [1.82, 2.24) is 9.88 Å². The molecule has 1 atom stereocenters. The molecule has 0 fully saturated rings. The van der Waals surface area contributed by atoms with Crippen molar-refractivity contribution in [2.75, 3.05) is 13.2 Å². The Morgan fingerprint density at radius 2 is 2.10 bits per heavy atom. The van der Waals surface area contributed by atoms with Crippen LogP contribution in [0.15, 0.2) is 28.9 Å². The first-order chi connectivity index (χ1) is 14.5. The summed E-state index contributed by atoms with van der Waals surface area (Å²) in [7, 11) is 0. The van der Waals surface area contributed by atoms with Crippen molar-refractivity contribution in [3.8, 4) is 11.8 Å². The Morgan fingerprint density at radius 3 is 2.73 bits per heavy atom. The molecule has 158 valence electrons. The van der Waals surface area contributed by atoms with E-state index in [1.165, 1.54) is 6.20 Å². The van der Waals surface area contributed by atoms with Gasteiger partial charge < -0.3 is 14.4 Å². The van der Waals surface area contributed by atoms with Gasteiger partial charge in [-0.05, 0) is 43.5 Å². The highest BCUT2D eigenvalue weighted by Gasteiger charge is 2.31. The van der Waals surface area contributed by atoms with Gasteiger partial charge >= 0.3 is 0 Å². The monoisotopic (exact) mass is 471 g/mol. The third-order valence-electron chi connectivity index (χ3n) is 4.87. The Labute approximate surface area is 186 Å². The number of nitriles is 1. The smallest absolute Gasteiger partial charge is 0.254 e. The maximum Gasteiger partial charge on any atom is 0.254 e. The molecule has 7 heteroatoms. The first-order valence-electron chi connectivity index (χ1n) is 10.1. The van der Waals surface area contributed by atoms with Crippen molar-refractivity contribution in [1.29, 1.82) is 5.26 Å². The molecular weight excluding hydrogens is 446 g/mol. The standard InChI is InChI=1S/C21H20BrN3O3.C2H6/c1-3-28-20-10-19(24-12-15(20)11-23)13(2)25-6-4-16-17(21(25)27)8-14(5-7-26)9-18(16)22;1-2/h7-10,12-13H,3-6H2,1-2H3;1-2H3. The van der Waals surface area contributed by atoms with E-state index in [-0.39, 0.29) is 18.4 Å². The van der Waals surface area contributed by atoms with Gasteiger partial charge in [0.1, 0.15) is 23.7 Å². The van der Waals surface area contributed by atoms with Crippen LogP contribution in [0.2, 0.25) is 0 Å². The Balaban J connectivity index is 0.00000155. The van der Waals surface area contributed by atoms with E-state index in [1.54, 1.807) is 17.0 Å². The summed E-state index contributed by atoms with van der Waals surface area (Å²) in [4.78, 5) is 30.2. The number of carbonyl (C=O) groups is 2. The quantitative estimate of drug-likeness (QED) is 0.572. The molecule has 0 saturated heterocycles. The number of nitrogens with zero attached hydrogens (tertiary/aromatic N) is 3. The van der Waals surface area contributed by atoms with Crippen LogP contribution in [0, 0.1) is 11.3 Å². The second kappa shape index (κ2) is 10.9. The maximum atomic E-state index is 13.2. The van der Waals surface area contributed by atoms with Gasteiger partial charge in [-0.1, -0.05) is 29.8 Å². The number of ether oxygens (including phenoxy) is 1. The van der Waals surface area contributed by atoms with E-state index in [1.807, 2.05) is 33.8 Å². The summed E-state index contributed by atoms with van der Waals surface area (Å²) in [5, 5.41) is 9.21. The number of rotatable bonds is 6. The first-order valence-corrected chi connectivity index (χ1v) is 10.9. The Kier molecular flexibility index (Phi) is 8.55. The molecule has 0 radical (unpaired) electrons. The van der Waals surface area contributed by atoms with Gasteiger partial charge in [-0.15, -0.1) is 0 Å². The highest BCUT2D eigenvalue weighted by Crippen LogP contribution is 2.33. The van der Waals surface area contributed by atoms with Gasteiger partial charge in [0.15, 0.2) is 0 Å². The Hall–Kier alpha value is -2.72. The molecule has 2 heterocycles. The molecule has 0 N–H and O–H groups in total. The largest absolute Gasteiger partial charge is 0.492 e. The fraction of sp³-hybridized carbons (Fsp3) is 0.391. The number of carbonyl (C=O) groups excluding carboxylic acids is 2. The van der Waals surface area contributed by atoms with E-state index in [9.17, 15) is 14.9 Å². The molecule has 0 aliphatic carbocycles. The topological polar surface area (TPSA) is 83.3 Å². The van der Waals surface area contributed by atoms with E-state index in [0.29, 0.717) is 42.1 Å². The first kappa shape index (κ1) is 23.6. The molecule has 1 aliphatic heterocycles. The number of amides is 1. The third-order valence-corrected chi connectivity index (χ3v) is 5.58. The minimum atomic E-state index is -0.277. The number of aromatic nitrogens is 1. The van der Waals surface area contributed by atoms with Crippen molar-refractivity contribution >= 4 is 28.1 Å². The van der Waals surface area contributed by atoms with Crippen LogP contribution in [-0.2, 0) is 17.6 Å². The SMILES string of the molecule is CC.CCOc1cc(C(C)N2CCc3c(Br)cc(CC=O)cc3C2=O)ncc1C#N. The lowest BCUT2D eigenvalue weighted by Crippen LogP contribution is -2.40. The van der Waals surface area contributed by atoms with Gasteiger partial charge in [-0.3, -0.25) is 9.78 Å². The lowest BCUT2D eigenvalue weighted by molar-refractivity contribution is -0.107. The highest BCUT2D eigenvalue weighted by molar-refractivity contribution is 9.10. The van der Waals surface area contributed by atoms with Crippen molar-refractivity contribution < 1.29 is 14.3 Å². The number of hydrogen-bond donors (Lipinski definition) is 0. The van der Waals surface area contributed by atoms with Crippen molar-refractivity contribution in [3.63, 3.8) is 0 Å². The van der Waals surface area contributed by atoms with Crippen LogP contribution < -0.4 is 4.74 Å². The molecule has 1 unspecified atom stereocenters. The van der Waals surface area contributed by atoms with Gasteiger partial charge in [0.2, 0.25) is 0 Å². The van der Waals surface area contributed by atoms with Crippen molar-refractivity contribution in [3.05, 3.63) is 56.8 Å². The van der Waals surface area contributed by atoms with E-state index < -0.39 is 0 Å². The maximum absolute atomic E-state index is 13.2. The second-order valence-corrected chi connectivity index (χ2v) is 7.40. The molecular formula is C23H26BrN3O3. The summed E-state index contributed by atoms with van der Waals surface area (Å²) in [6.07, 6.45) is 3.29. The van der Waals surface area contributed by atoms with Gasteiger partial charge in [0.05, 0.1) is 18.3 Å². The van der Waals surface area contributed by atoms with Crippen LogP contribution in [-0.4, -0.2) is 35.2 Å². The van der Waals surface area contributed by atoms with Gasteiger partial charge in [0.25, 0.3) is 5.91 Å². The molecule has 30 heavy (non-hydrogen) atoms. The third kappa shape index (κ3) is 4.88. The number of pyridine rings is 1. The molecule has 6 nitrogen and oxygen atoms in total. The highest BCUT2D eigenvalue weighted by atomic mass is 79.9. The van der Waals surface area contributed by atoms with Crippen LogP contribution in [0.1, 0.15) is 66.5 Å². The van der Waals surface area contributed by atoms with Crippen LogP contribution in [0.3, 0.4) is 0 Å². The molecule has 3 rings (SSSR count). The van der Waals surface area contributed by atoms with E-state index >= 15 is 0 Å². The molecule has 2 aromatic rings. The fourth-order valence-electron chi connectivity index (χ4n) is 3.41. The van der Waals surface area contributed by atoms with Gasteiger partial charge in [-0.25, -0.2) is 0 Å². The zero-order valence-corrected chi connectivity index (χ0v) is 19.3. The summed E-state index contributed by atoms with van der Waals surface area (Å²) in [6, 6.07) is 7.22. The van der Waals surface area contributed by atoms with Crippen molar-refractivity contribution in [2.24, 2.45) is 0 Å². The molecule has 1 aliphatic rings. The summed E-state index contributed by atoms with van der Waals surface area (Å²) >= 11 is 3.53. The van der Waals surface area contributed by atoms with Crippen LogP contribution in [0.4, 0.5) is 0 Å². The lowest BCUT2D eigenvalue weighted by Gasteiger charge is -2.34. The molecule has 1 amide bonds. The second-order valence-electron chi connectivity index (χ2n) is 6.55. The van der Waals surface area contributed by atoms with E-state index in [4.69, 9.17) is 4.74 Å². The summed E-state index contributed by atoms with van der Waals surface area (Å²) in [5.74, 6) is 0.383. The zero-order valence-electron chi connectivity index (χ0n) is 17.7. The number of fused-ring (bicyclic) bond motifs is 1. The average Bonchev–Trinajstić information content (AvgIpc) is 2.76.